The number of benzene rings is 1. The fourth-order valence-corrected chi connectivity index (χ4v) is 5.13. The molecule has 3 nitrogen and oxygen atoms in total. The van der Waals surface area contributed by atoms with Crippen LogP contribution < -0.4 is 5.32 Å². The number of rotatable bonds is 19. The maximum Gasteiger partial charge on any atom is 0.303 e. The maximum absolute atomic E-state index is 10.6. The Balaban J connectivity index is 1.85. The lowest BCUT2D eigenvalue weighted by Crippen LogP contribution is -2.18. The highest BCUT2D eigenvalue weighted by atomic mass is 28.3. The van der Waals surface area contributed by atoms with Crippen LogP contribution in [-0.2, 0) is 11.2 Å². The highest BCUT2D eigenvalue weighted by Crippen LogP contribution is 2.17. The summed E-state index contributed by atoms with van der Waals surface area (Å²) < 4.78 is 0. The number of aliphatic carboxylic acids is 1. The van der Waals surface area contributed by atoms with Gasteiger partial charge in [-0.05, 0) is 30.5 Å². The zero-order chi connectivity index (χ0) is 22.1. The lowest BCUT2D eigenvalue weighted by Gasteiger charge is -2.14. The standard InChI is InChI=1S/C26H47NO2Si/c1-30(2,3)23-15-13-11-9-7-5-4-6-8-10-12-14-22-27-25-19-16-24(17-20-25)18-21-26(28)29/h16-17,19-20,27H,4-15,18,21-23H2,1-3H3,(H,28,29). The number of carbonyl (C=O) groups is 1. The van der Waals surface area contributed by atoms with Crippen molar-refractivity contribution in [2.75, 3.05) is 11.9 Å². The van der Waals surface area contributed by atoms with E-state index in [2.05, 4.69) is 37.1 Å². The molecular weight excluding hydrogens is 386 g/mol. The van der Waals surface area contributed by atoms with E-state index in [0.29, 0.717) is 6.42 Å². The van der Waals surface area contributed by atoms with E-state index in [1.54, 1.807) is 0 Å². The van der Waals surface area contributed by atoms with Crippen LogP contribution in [0.3, 0.4) is 0 Å². The Morgan fingerprint density at radius 3 is 1.70 bits per heavy atom. The zero-order valence-electron chi connectivity index (χ0n) is 20.0. The van der Waals surface area contributed by atoms with E-state index in [-0.39, 0.29) is 6.42 Å². The van der Waals surface area contributed by atoms with Crippen molar-refractivity contribution in [3.8, 4) is 0 Å². The van der Waals surface area contributed by atoms with Gasteiger partial charge < -0.3 is 10.4 Å². The molecule has 0 saturated carbocycles. The summed E-state index contributed by atoms with van der Waals surface area (Å²) in [5, 5.41) is 12.2. The molecule has 0 fully saturated rings. The number of nitrogens with one attached hydrogen (secondary N) is 1. The fourth-order valence-electron chi connectivity index (χ4n) is 3.82. The summed E-state index contributed by atoms with van der Waals surface area (Å²) in [7, 11) is -0.806. The van der Waals surface area contributed by atoms with E-state index in [9.17, 15) is 4.79 Å². The Morgan fingerprint density at radius 2 is 1.23 bits per heavy atom. The molecule has 0 amide bonds. The van der Waals surface area contributed by atoms with Gasteiger partial charge >= 0.3 is 5.97 Å². The number of hydrogen-bond acceptors (Lipinski definition) is 2. The minimum absolute atomic E-state index is 0.200. The van der Waals surface area contributed by atoms with Gasteiger partial charge in [-0.3, -0.25) is 4.79 Å². The lowest BCUT2D eigenvalue weighted by molar-refractivity contribution is -0.136. The van der Waals surface area contributed by atoms with Crippen LogP contribution in [0.1, 0.15) is 89.0 Å². The zero-order valence-corrected chi connectivity index (χ0v) is 21.0. The summed E-state index contributed by atoms with van der Waals surface area (Å²) in [5.74, 6) is -0.736. The van der Waals surface area contributed by atoms with Crippen molar-refractivity contribution in [3.63, 3.8) is 0 Å². The molecule has 0 bridgehead atoms. The number of unbranched alkanes of at least 4 members (excludes halogenated alkanes) is 11. The first-order chi connectivity index (χ1) is 14.4. The Labute approximate surface area is 187 Å². The van der Waals surface area contributed by atoms with Crippen molar-refractivity contribution in [1.82, 2.24) is 0 Å². The molecule has 1 rings (SSSR count). The second kappa shape index (κ2) is 16.4. The molecule has 0 aromatic heterocycles. The smallest absolute Gasteiger partial charge is 0.303 e. The SMILES string of the molecule is C[Si](C)(C)CCCCCCCCCCCCCCNc1ccc(CCC(=O)O)cc1. The molecule has 1 aromatic rings. The van der Waals surface area contributed by atoms with Crippen molar-refractivity contribution in [3.05, 3.63) is 29.8 Å². The van der Waals surface area contributed by atoms with Crippen LogP contribution in [0.5, 0.6) is 0 Å². The molecule has 0 aliphatic heterocycles. The molecule has 0 unspecified atom stereocenters. The molecule has 172 valence electrons. The molecule has 2 N–H and O–H groups in total. The summed E-state index contributed by atoms with van der Waals surface area (Å²) in [5.41, 5.74) is 2.22. The topological polar surface area (TPSA) is 49.3 Å². The second-order valence-electron chi connectivity index (χ2n) is 10.1. The summed E-state index contributed by atoms with van der Waals surface area (Å²) in [4.78, 5) is 10.6. The van der Waals surface area contributed by atoms with Gasteiger partial charge in [0.1, 0.15) is 0 Å². The maximum atomic E-state index is 10.6. The van der Waals surface area contributed by atoms with Crippen LogP contribution in [0, 0.1) is 0 Å². The molecule has 0 saturated heterocycles. The Kier molecular flexibility index (Phi) is 14.6. The van der Waals surface area contributed by atoms with Crippen LogP contribution in [0.2, 0.25) is 25.7 Å². The van der Waals surface area contributed by atoms with Gasteiger partial charge in [0, 0.05) is 26.7 Å². The monoisotopic (exact) mass is 433 g/mol. The quantitative estimate of drug-likeness (QED) is 0.171. The van der Waals surface area contributed by atoms with Gasteiger partial charge in [-0.15, -0.1) is 0 Å². The van der Waals surface area contributed by atoms with Gasteiger partial charge in [0.25, 0.3) is 0 Å². The first kappa shape index (κ1) is 26.7. The second-order valence-corrected chi connectivity index (χ2v) is 15.7. The number of anilines is 1. The third-order valence-electron chi connectivity index (χ3n) is 5.76. The molecule has 0 aliphatic rings. The Morgan fingerprint density at radius 1 is 0.767 bits per heavy atom. The molecule has 4 heteroatoms. The van der Waals surface area contributed by atoms with E-state index < -0.39 is 14.0 Å². The summed E-state index contributed by atoms with van der Waals surface area (Å²) >= 11 is 0. The van der Waals surface area contributed by atoms with Crippen molar-refractivity contribution in [2.45, 2.75) is 116 Å². The number of carboxylic acids is 1. The Bertz CT molecular complexity index is 551. The van der Waals surface area contributed by atoms with Gasteiger partial charge in [0.05, 0.1) is 0 Å². The molecule has 0 aliphatic carbocycles. The molecule has 30 heavy (non-hydrogen) atoms. The van der Waals surface area contributed by atoms with Crippen molar-refractivity contribution in [2.24, 2.45) is 0 Å². The predicted octanol–water partition coefficient (Wildman–Crippen LogP) is 8.14. The molecule has 0 radical (unpaired) electrons. The average Bonchev–Trinajstić information content (AvgIpc) is 2.69. The van der Waals surface area contributed by atoms with Crippen molar-refractivity contribution < 1.29 is 9.90 Å². The highest BCUT2D eigenvalue weighted by molar-refractivity contribution is 6.76. The van der Waals surface area contributed by atoms with E-state index >= 15 is 0 Å². The molecule has 0 heterocycles. The number of aryl methyl sites for hydroxylation is 1. The summed E-state index contributed by atoms with van der Waals surface area (Å²) in [6.07, 6.45) is 17.6. The summed E-state index contributed by atoms with van der Waals surface area (Å²) in [6, 6.07) is 9.67. The van der Waals surface area contributed by atoms with Crippen LogP contribution >= 0.6 is 0 Å². The van der Waals surface area contributed by atoms with Crippen molar-refractivity contribution in [1.29, 1.82) is 0 Å². The van der Waals surface area contributed by atoms with E-state index in [1.165, 1.54) is 83.1 Å². The van der Waals surface area contributed by atoms with Gasteiger partial charge in [-0.25, -0.2) is 0 Å². The third-order valence-corrected chi connectivity index (χ3v) is 7.62. The minimum atomic E-state index is -0.806. The van der Waals surface area contributed by atoms with Gasteiger partial charge in [0.15, 0.2) is 0 Å². The molecular formula is C26H47NO2Si. The van der Waals surface area contributed by atoms with E-state index in [0.717, 1.165) is 17.8 Å². The highest BCUT2D eigenvalue weighted by Gasteiger charge is 2.11. The fraction of sp³-hybridized carbons (Fsp3) is 0.731. The van der Waals surface area contributed by atoms with Gasteiger partial charge in [-0.1, -0.05) is 108 Å². The number of carboxylic acid groups (broad SMARTS) is 1. The van der Waals surface area contributed by atoms with Gasteiger partial charge in [-0.2, -0.15) is 0 Å². The van der Waals surface area contributed by atoms with Crippen LogP contribution in [0.25, 0.3) is 0 Å². The molecule has 0 spiro atoms. The van der Waals surface area contributed by atoms with Crippen LogP contribution in [0.4, 0.5) is 5.69 Å². The van der Waals surface area contributed by atoms with Crippen LogP contribution in [-0.4, -0.2) is 25.7 Å². The predicted molar refractivity (Wildman–Crippen MR) is 134 cm³/mol. The largest absolute Gasteiger partial charge is 0.481 e. The molecule has 0 atom stereocenters. The summed E-state index contributed by atoms with van der Waals surface area (Å²) in [6.45, 7) is 8.47. The van der Waals surface area contributed by atoms with Crippen LogP contribution in [0.15, 0.2) is 24.3 Å². The average molecular weight is 434 g/mol. The normalized spacial score (nSPS) is 11.6. The van der Waals surface area contributed by atoms with Crippen molar-refractivity contribution >= 4 is 19.7 Å². The third kappa shape index (κ3) is 16.5. The van der Waals surface area contributed by atoms with Gasteiger partial charge in [0.2, 0.25) is 0 Å². The lowest BCUT2D eigenvalue weighted by atomic mass is 10.1. The first-order valence-corrected chi connectivity index (χ1v) is 16.1. The first-order valence-electron chi connectivity index (χ1n) is 12.4. The van der Waals surface area contributed by atoms with E-state index in [1.807, 2.05) is 12.1 Å². The number of hydrogen-bond donors (Lipinski definition) is 2. The van der Waals surface area contributed by atoms with E-state index in [4.69, 9.17) is 5.11 Å². The molecule has 1 aromatic carbocycles. The Hall–Kier alpha value is -1.29. The minimum Gasteiger partial charge on any atom is -0.481 e.